The Bertz CT molecular complexity index is 475. The normalized spacial score (nSPS) is 14.9. The highest BCUT2D eigenvalue weighted by Gasteiger charge is 2.64. The number of hydrogen-bond acceptors (Lipinski definition) is 2. The molecule has 0 atom stereocenters. The van der Waals surface area contributed by atoms with Crippen molar-refractivity contribution in [3.8, 4) is 0 Å². The summed E-state index contributed by atoms with van der Waals surface area (Å²) in [6.07, 6.45) is 1.30. The van der Waals surface area contributed by atoms with E-state index in [-0.39, 0.29) is 21.7 Å². The first kappa shape index (κ1) is 26.9. The first-order valence-electron chi connectivity index (χ1n) is 10.4. The van der Waals surface area contributed by atoms with Crippen molar-refractivity contribution < 1.29 is 19.8 Å². The summed E-state index contributed by atoms with van der Waals surface area (Å²) in [5, 5.41) is 21.3. The van der Waals surface area contributed by atoms with Crippen LogP contribution < -0.4 is 0 Å². The van der Waals surface area contributed by atoms with Gasteiger partial charge in [-0.05, 0) is 47.3 Å². The van der Waals surface area contributed by atoms with Crippen molar-refractivity contribution in [1.29, 1.82) is 0 Å². The minimum absolute atomic E-state index is 0.319. The van der Waals surface area contributed by atoms with Gasteiger partial charge in [-0.15, -0.1) is 0 Å². The van der Waals surface area contributed by atoms with Crippen LogP contribution in [0.4, 0.5) is 0 Å². The van der Waals surface area contributed by atoms with Crippen LogP contribution >= 0.6 is 0 Å². The van der Waals surface area contributed by atoms with E-state index in [1.807, 2.05) is 83.1 Å². The van der Waals surface area contributed by atoms with Crippen LogP contribution in [0.5, 0.6) is 0 Å². The number of carboxylic acid groups (broad SMARTS) is 2. The van der Waals surface area contributed by atoms with E-state index >= 15 is 0 Å². The van der Waals surface area contributed by atoms with Crippen LogP contribution in [0.15, 0.2) is 0 Å². The molecule has 0 fully saturated rings. The van der Waals surface area contributed by atoms with Crippen molar-refractivity contribution in [3.63, 3.8) is 0 Å². The molecule has 0 amide bonds. The topological polar surface area (TPSA) is 74.6 Å². The summed E-state index contributed by atoms with van der Waals surface area (Å²) in [5.41, 5.74) is -4.01. The van der Waals surface area contributed by atoms with Gasteiger partial charge in [-0.2, -0.15) is 0 Å². The Morgan fingerprint density at radius 1 is 0.464 bits per heavy atom. The van der Waals surface area contributed by atoms with E-state index in [1.165, 1.54) is 0 Å². The first-order valence-corrected chi connectivity index (χ1v) is 10.4. The maximum absolute atomic E-state index is 13.0. The summed E-state index contributed by atoms with van der Waals surface area (Å²) < 4.78 is 0. The molecule has 0 heterocycles. The van der Waals surface area contributed by atoms with Crippen LogP contribution in [0, 0.1) is 32.5 Å². The zero-order valence-corrected chi connectivity index (χ0v) is 20.5. The van der Waals surface area contributed by atoms with Crippen molar-refractivity contribution in [2.75, 3.05) is 0 Å². The van der Waals surface area contributed by atoms with Gasteiger partial charge in [-0.1, -0.05) is 83.1 Å². The highest BCUT2D eigenvalue weighted by molar-refractivity contribution is 5.87. The molecule has 2 N–H and O–H groups in total. The second-order valence-corrected chi connectivity index (χ2v) is 13.7. The van der Waals surface area contributed by atoms with Crippen LogP contribution in [0.25, 0.3) is 0 Å². The summed E-state index contributed by atoms with van der Waals surface area (Å²) in [7, 11) is 0. The fourth-order valence-corrected chi connectivity index (χ4v) is 5.13. The van der Waals surface area contributed by atoms with E-state index in [0.717, 1.165) is 0 Å². The van der Waals surface area contributed by atoms with E-state index in [1.54, 1.807) is 0 Å². The summed E-state index contributed by atoms with van der Waals surface area (Å²) >= 11 is 0. The molecule has 0 aromatic heterocycles. The second kappa shape index (κ2) is 7.99. The smallest absolute Gasteiger partial charge is 0.310 e. The minimum atomic E-state index is -1.37. The van der Waals surface area contributed by atoms with Gasteiger partial charge in [0.1, 0.15) is 0 Å². The predicted molar refractivity (Wildman–Crippen MR) is 116 cm³/mol. The number of hydrogen-bond donors (Lipinski definition) is 2. The molecule has 0 bridgehead atoms. The van der Waals surface area contributed by atoms with Gasteiger partial charge in [0.25, 0.3) is 0 Å². The quantitative estimate of drug-likeness (QED) is 0.490. The Labute approximate surface area is 173 Å². The minimum Gasteiger partial charge on any atom is -0.481 e. The molecule has 0 aromatic rings. The molecule has 0 aromatic carbocycles. The van der Waals surface area contributed by atoms with Gasteiger partial charge in [-0.25, -0.2) is 0 Å². The first-order chi connectivity index (χ1) is 12.0. The lowest BCUT2D eigenvalue weighted by molar-refractivity contribution is -0.189. The lowest BCUT2D eigenvalue weighted by Gasteiger charge is -2.54. The summed E-state index contributed by atoms with van der Waals surface area (Å²) in [6, 6.07) is 0. The number of rotatable bonds is 7. The van der Waals surface area contributed by atoms with Crippen molar-refractivity contribution >= 4 is 11.9 Å². The van der Waals surface area contributed by atoms with Gasteiger partial charge < -0.3 is 10.2 Å². The molecule has 0 rings (SSSR count). The zero-order valence-electron chi connectivity index (χ0n) is 20.5. The van der Waals surface area contributed by atoms with E-state index in [2.05, 4.69) is 0 Å². The highest BCUT2D eigenvalue weighted by Crippen LogP contribution is 2.61. The van der Waals surface area contributed by atoms with E-state index in [9.17, 15) is 19.8 Å². The van der Waals surface area contributed by atoms with E-state index in [4.69, 9.17) is 0 Å². The number of carboxylic acids is 2. The Morgan fingerprint density at radius 3 is 0.679 bits per heavy atom. The van der Waals surface area contributed by atoms with Crippen molar-refractivity contribution in [1.82, 2.24) is 0 Å². The van der Waals surface area contributed by atoms with Gasteiger partial charge >= 0.3 is 11.9 Å². The number of carbonyl (C=O) groups is 2. The highest BCUT2D eigenvalue weighted by atomic mass is 16.4. The van der Waals surface area contributed by atoms with Gasteiger partial charge in [-0.3, -0.25) is 9.59 Å². The molecule has 4 heteroatoms. The third-order valence-corrected chi connectivity index (χ3v) is 5.06. The van der Waals surface area contributed by atoms with E-state index < -0.39 is 22.8 Å². The number of aliphatic carboxylic acids is 2. The second-order valence-electron chi connectivity index (χ2n) is 13.7. The third-order valence-electron chi connectivity index (χ3n) is 5.06. The van der Waals surface area contributed by atoms with Gasteiger partial charge in [0.05, 0.1) is 10.8 Å². The van der Waals surface area contributed by atoms with Crippen molar-refractivity contribution in [2.24, 2.45) is 32.5 Å². The van der Waals surface area contributed by atoms with Gasteiger partial charge in [0.2, 0.25) is 0 Å². The molecule has 0 saturated carbocycles. The molecule has 166 valence electrons. The molecule has 0 saturated heterocycles. The molecule has 0 aliphatic carbocycles. The lowest BCUT2D eigenvalue weighted by atomic mass is 9.47. The third kappa shape index (κ3) is 7.40. The molecular formula is C24H46O4. The van der Waals surface area contributed by atoms with E-state index in [0.29, 0.717) is 25.7 Å². The molecule has 0 aliphatic rings. The molecule has 4 nitrogen and oxygen atoms in total. The summed E-state index contributed by atoms with van der Waals surface area (Å²) in [5.74, 6) is -1.96. The predicted octanol–water partition coefficient (Wildman–Crippen LogP) is 6.87. The molecular weight excluding hydrogens is 352 g/mol. The average Bonchev–Trinajstić information content (AvgIpc) is 2.28. The Kier molecular flexibility index (Phi) is 7.69. The molecule has 0 aliphatic heterocycles. The SMILES string of the molecule is CC(C)(C)CC(CC(C)(C)C)(C(=O)O)C(CC(C)(C)C)(CC(C)(C)C)C(=O)O. The fourth-order valence-electron chi connectivity index (χ4n) is 5.13. The molecule has 0 unspecified atom stereocenters. The van der Waals surface area contributed by atoms with Gasteiger partial charge in [0.15, 0.2) is 0 Å². The average molecular weight is 399 g/mol. The fraction of sp³-hybridized carbons (Fsp3) is 0.917. The molecule has 28 heavy (non-hydrogen) atoms. The standard InChI is InChI=1S/C24H46O4/c1-19(2,3)13-23(17(25)26,14-20(4,5)6)24(18(27)28,15-21(7,8)9)16-22(10,11)12/h13-16H2,1-12H3,(H,25,26)(H,27,28). The van der Waals surface area contributed by atoms with Crippen molar-refractivity contribution in [3.05, 3.63) is 0 Å². The van der Waals surface area contributed by atoms with Crippen LogP contribution in [0.2, 0.25) is 0 Å². The van der Waals surface area contributed by atoms with Crippen LogP contribution in [0.3, 0.4) is 0 Å². The maximum atomic E-state index is 13.0. The summed E-state index contributed by atoms with van der Waals surface area (Å²) in [4.78, 5) is 26.1. The Morgan fingerprint density at radius 2 is 0.607 bits per heavy atom. The maximum Gasteiger partial charge on any atom is 0.310 e. The van der Waals surface area contributed by atoms with Crippen LogP contribution in [0.1, 0.15) is 109 Å². The largest absolute Gasteiger partial charge is 0.481 e. The molecule has 0 radical (unpaired) electrons. The Balaban J connectivity index is 7.23. The van der Waals surface area contributed by atoms with Crippen LogP contribution in [-0.2, 0) is 9.59 Å². The molecule has 0 spiro atoms. The van der Waals surface area contributed by atoms with Crippen molar-refractivity contribution in [2.45, 2.75) is 109 Å². The van der Waals surface area contributed by atoms with Crippen LogP contribution in [-0.4, -0.2) is 22.2 Å². The lowest BCUT2D eigenvalue weighted by Crippen LogP contribution is -2.58. The Hall–Kier alpha value is -1.06. The summed E-state index contributed by atoms with van der Waals surface area (Å²) in [6.45, 7) is 24.1. The monoisotopic (exact) mass is 398 g/mol. The zero-order chi connectivity index (χ0) is 23.0. The van der Waals surface area contributed by atoms with Gasteiger partial charge in [0, 0.05) is 0 Å².